The number of carbonyl (C=O) groups excluding carboxylic acids is 1. The second kappa shape index (κ2) is 8.97. The zero-order valence-electron chi connectivity index (χ0n) is 16.8. The van der Waals surface area contributed by atoms with Crippen LogP contribution in [0.3, 0.4) is 0 Å². The summed E-state index contributed by atoms with van der Waals surface area (Å²) < 4.78 is 59.3. The van der Waals surface area contributed by atoms with Crippen molar-refractivity contribution in [1.82, 2.24) is 4.98 Å². The third kappa shape index (κ3) is 5.16. The second-order valence-corrected chi connectivity index (χ2v) is 7.55. The molecule has 1 aromatic heterocycles. The number of thioether (sulfide) groups is 1. The highest BCUT2D eigenvalue weighted by Crippen LogP contribution is 2.37. The van der Waals surface area contributed by atoms with Crippen LogP contribution in [0, 0.1) is 19.7 Å². The van der Waals surface area contributed by atoms with E-state index in [1.54, 1.807) is 25.1 Å². The number of benzene rings is 2. The van der Waals surface area contributed by atoms with E-state index in [0.717, 1.165) is 11.0 Å². The predicted octanol–water partition coefficient (Wildman–Crippen LogP) is 6.62. The van der Waals surface area contributed by atoms with E-state index < -0.39 is 23.5 Å². The molecule has 0 bridgehead atoms. The maximum absolute atomic E-state index is 13.4. The first-order valence-electron chi connectivity index (χ1n) is 9.06. The SMILES string of the molecule is CSc1cccc(NC(=O)c2c(Oc3ccc(F)cc3C)ncc(C(F)(F)F)c2C)c1. The molecule has 0 radical (unpaired) electrons. The van der Waals surface area contributed by atoms with Crippen LogP contribution in [0.5, 0.6) is 11.6 Å². The molecule has 0 unspecified atom stereocenters. The number of amides is 1. The maximum atomic E-state index is 13.4. The van der Waals surface area contributed by atoms with Gasteiger partial charge in [0, 0.05) is 16.8 Å². The quantitative estimate of drug-likeness (QED) is 0.350. The van der Waals surface area contributed by atoms with Crippen molar-refractivity contribution in [3.05, 3.63) is 76.7 Å². The molecule has 162 valence electrons. The number of ether oxygens (including phenoxy) is 1. The molecule has 9 heteroatoms. The fourth-order valence-electron chi connectivity index (χ4n) is 2.94. The topological polar surface area (TPSA) is 51.2 Å². The Kier molecular flexibility index (Phi) is 6.54. The molecule has 0 saturated carbocycles. The van der Waals surface area contributed by atoms with Gasteiger partial charge in [0.2, 0.25) is 5.88 Å². The number of carbonyl (C=O) groups is 1. The number of pyridine rings is 1. The van der Waals surface area contributed by atoms with Crippen LogP contribution in [-0.2, 0) is 6.18 Å². The lowest BCUT2D eigenvalue weighted by atomic mass is 10.0. The van der Waals surface area contributed by atoms with Crippen molar-refractivity contribution in [1.29, 1.82) is 0 Å². The van der Waals surface area contributed by atoms with Crippen molar-refractivity contribution in [3.63, 3.8) is 0 Å². The number of rotatable bonds is 5. The van der Waals surface area contributed by atoms with Gasteiger partial charge in [0.1, 0.15) is 17.1 Å². The van der Waals surface area contributed by atoms with Crippen LogP contribution >= 0.6 is 11.8 Å². The van der Waals surface area contributed by atoms with E-state index in [-0.39, 0.29) is 22.8 Å². The van der Waals surface area contributed by atoms with Gasteiger partial charge in [-0.3, -0.25) is 4.79 Å². The van der Waals surface area contributed by atoms with Crippen molar-refractivity contribution < 1.29 is 27.1 Å². The number of aromatic nitrogens is 1. The Morgan fingerprint density at radius 2 is 1.87 bits per heavy atom. The third-order valence-corrected chi connectivity index (χ3v) is 5.23. The summed E-state index contributed by atoms with van der Waals surface area (Å²) in [5.41, 5.74) is -0.904. The molecule has 0 spiro atoms. The number of alkyl halides is 3. The van der Waals surface area contributed by atoms with Gasteiger partial charge in [-0.25, -0.2) is 9.37 Å². The van der Waals surface area contributed by atoms with Crippen molar-refractivity contribution >= 4 is 23.4 Å². The smallest absolute Gasteiger partial charge is 0.418 e. The van der Waals surface area contributed by atoms with Crippen LogP contribution in [0.2, 0.25) is 0 Å². The van der Waals surface area contributed by atoms with Crippen LogP contribution in [0.25, 0.3) is 0 Å². The first-order valence-corrected chi connectivity index (χ1v) is 10.3. The predicted molar refractivity (Wildman–Crippen MR) is 111 cm³/mol. The zero-order chi connectivity index (χ0) is 22.8. The van der Waals surface area contributed by atoms with Crippen molar-refractivity contribution in [3.8, 4) is 11.6 Å². The standard InChI is InChI=1S/C22H18F4N2O2S/c1-12-9-14(23)7-8-18(12)30-21-19(13(2)17(11-27-21)22(24,25)26)20(29)28-15-5-4-6-16(10-15)31-3/h4-11H,1-3H3,(H,28,29). The Hall–Kier alpha value is -3.07. The van der Waals surface area contributed by atoms with Crippen molar-refractivity contribution in [2.75, 3.05) is 11.6 Å². The largest absolute Gasteiger partial charge is 0.438 e. The van der Waals surface area contributed by atoms with E-state index in [2.05, 4.69) is 10.3 Å². The maximum Gasteiger partial charge on any atom is 0.418 e. The number of hydrogen-bond acceptors (Lipinski definition) is 4. The Balaban J connectivity index is 2.06. The molecule has 2 aromatic carbocycles. The van der Waals surface area contributed by atoms with Gasteiger partial charge >= 0.3 is 6.18 Å². The first-order chi connectivity index (χ1) is 14.6. The van der Waals surface area contributed by atoms with Gasteiger partial charge in [-0.15, -0.1) is 11.8 Å². The number of hydrogen-bond donors (Lipinski definition) is 1. The van der Waals surface area contributed by atoms with E-state index in [1.165, 1.54) is 30.8 Å². The van der Waals surface area contributed by atoms with Gasteiger partial charge in [0.25, 0.3) is 5.91 Å². The van der Waals surface area contributed by atoms with Crippen LogP contribution in [0.4, 0.5) is 23.2 Å². The highest BCUT2D eigenvalue weighted by atomic mass is 32.2. The normalized spacial score (nSPS) is 11.3. The lowest BCUT2D eigenvalue weighted by Crippen LogP contribution is -2.19. The van der Waals surface area contributed by atoms with E-state index >= 15 is 0 Å². The molecule has 0 saturated heterocycles. The van der Waals surface area contributed by atoms with Gasteiger partial charge < -0.3 is 10.1 Å². The highest BCUT2D eigenvalue weighted by Gasteiger charge is 2.36. The first kappa shape index (κ1) is 22.6. The van der Waals surface area contributed by atoms with Gasteiger partial charge in [0.05, 0.1) is 5.56 Å². The molecular weight excluding hydrogens is 432 g/mol. The summed E-state index contributed by atoms with van der Waals surface area (Å²) in [4.78, 5) is 17.6. The average molecular weight is 450 g/mol. The fraction of sp³-hybridized carbons (Fsp3) is 0.182. The summed E-state index contributed by atoms with van der Waals surface area (Å²) in [6.45, 7) is 2.76. The fourth-order valence-corrected chi connectivity index (χ4v) is 3.40. The Bertz CT molecular complexity index is 1130. The van der Waals surface area contributed by atoms with E-state index in [0.29, 0.717) is 17.4 Å². The molecule has 1 N–H and O–H groups in total. The number of nitrogens with one attached hydrogen (secondary N) is 1. The Labute approximate surface area is 180 Å². The third-order valence-electron chi connectivity index (χ3n) is 4.51. The van der Waals surface area contributed by atoms with E-state index in [9.17, 15) is 22.4 Å². The van der Waals surface area contributed by atoms with Crippen LogP contribution in [0.1, 0.15) is 27.0 Å². The summed E-state index contributed by atoms with van der Waals surface area (Å²) >= 11 is 1.45. The minimum absolute atomic E-state index is 0.173. The van der Waals surface area contributed by atoms with Crippen LogP contribution in [0.15, 0.2) is 53.6 Å². The van der Waals surface area contributed by atoms with Gasteiger partial charge in [-0.1, -0.05) is 6.07 Å². The molecule has 1 heterocycles. The monoisotopic (exact) mass is 450 g/mol. The molecule has 0 aliphatic carbocycles. The molecule has 0 aliphatic rings. The molecule has 0 aliphatic heterocycles. The molecule has 4 nitrogen and oxygen atoms in total. The summed E-state index contributed by atoms with van der Waals surface area (Å²) in [6.07, 6.45) is -2.22. The van der Waals surface area contributed by atoms with Gasteiger partial charge in [-0.2, -0.15) is 13.2 Å². The second-order valence-electron chi connectivity index (χ2n) is 6.67. The van der Waals surface area contributed by atoms with Crippen molar-refractivity contribution in [2.45, 2.75) is 24.9 Å². The van der Waals surface area contributed by atoms with E-state index in [1.807, 2.05) is 12.3 Å². The summed E-state index contributed by atoms with van der Waals surface area (Å²) in [6, 6.07) is 10.6. The van der Waals surface area contributed by atoms with Crippen LogP contribution < -0.4 is 10.1 Å². The minimum atomic E-state index is -4.70. The van der Waals surface area contributed by atoms with Crippen LogP contribution in [-0.4, -0.2) is 17.1 Å². The van der Waals surface area contributed by atoms with Crippen molar-refractivity contribution in [2.24, 2.45) is 0 Å². The van der Waals surface area contributed by atoms with Gasteiger partial charge in [0.15, 0.2) is 0 Å². The Morgan fingerprint density at radius 1 is 1.13 bits per heavy atom. The minimum Gasteiger partial charge on any atom is -0.438 e. The molecule has 31 heavy (non-hydrogen) atoms. The molecule has 3 rings (SSSR count). The Morgan fingerprint density at radius 3 is 2.52 bits per heavy atom. The van der Waals surface area contributed by atoms with E-state index in [4.69, 9.17) is 4.74 Å². The van der Waals surface area contributed by atoms with Gasteiger partial charge in [-0.05, 0) is 67.6 Å². The zero-order valence-corrected chi connectivity index (χ0v) is 17.6. The number of aryl methyl sites for hydroxylation is 1. The summed E-state index contributed by atoms with van der Waals surface area (Å²) in [5.74, 6) is -1.43. The number of nitrogens with zero attached hydrogens (tertiary/aromatic N) is 1. The summed E-state index contributed by atoms with van der Waals surface area (Å²) in [5, 5.41) is 2.60. The molecule has 3 aromatic rings. The highest BCUT2D eigenvalue weighted by molar-refractivity contribution is 7.98. The molecule has 1 amide bonds. The molecule has 0 atom stereocenters. The number of anilines is 1. The lowest BCUT2D eigenvalue weighted by molar-refractivity contribution is -0.138. The lowest BCUT2D eigenvalue weighted by Gasteiger charge is -2.18. The molecule has 0 fully saturated rings. The molecular formula is C22H18F4N2O2S. The average Bonchev–Trinajstić information content (AvgIpc) is 2.69. The number of halogens is 4. The summed E-state index contributed by atoms with van der Waals surface area (Å²) in [7, 11) is 0.